The summed E-state index contributed by atoms with van der Waals surface area (Å²) in [5, 5.41) is 13.3. The first-order chi connectivity index (χ1) is 11.7. The van der Waals surface area contributed by atoms with E-state index < -0.39 is 0 Å². The molecule has 1 aliphatic rings. The molecule has 0 radical (unpaired) electrons. The highest BCUT2D eigenvalue weighted by molar-refractivity contribution is 6.04. The molecule has 0 atom stereocenters. The lowest BCUT2D eigenvalue weighted by atomic mass is 10.1. The summed E-state index contributed by atoms with van der Waals surface area (Å²) < 4.78 is 10.7. The van der Waals surface area contributed by atoms with Gasteiger partial charge in [-0.05, 0) is 24.6 Å². The van der Waals surface area contributed by atoms with E-state index in [1.165, 1.54) is 0 Å². The Morgan fingerprint density at radius 1 is 1.38 bits per heavy atom. The summed E-state index contributed by atoms with van der Waals surface area (Å²) in [5.74, 6) is 0.388. The van der Waals surface area contributed by atoms with E-state index in [0.717, 1.165) is 29.8 Å². The highest BCUT2D eigenvalue weighted by atomic mass is 16.5. The highest BCUT2D eigenvalue weighted by Gasteiger charge is 2.22. The zero-order valence-electron chi connectivity index (χ0n) is 13.9. The minimum Gasteiger partial charge on any atom is -0.489 e. The normalized spacial score (nSPS) is 13.4. The van der Waals surface area contributed by atoms with Gasteiger partial charge in [0, 0.05) is 37.9 Å². The number of fused-ring (bicyclic) bond motifs is 1. The van der Waals surface area contributed by atoms with Crippen molar-refractivity contribution in [1.82, 2.24) is 15.5 Å². The number of carbonyl (C=O) groups excluding carboxylic acids is 1. The second-order valence-corrected chi connectivity index (χ2v) is 5.75. The Balaban J connectivity index is 1.77. The minimum atomic E-state index is -0.239. The molecule has 1 aliphatic heterocycles. The Bertz CT molecular complexity index is 727. The number of carbonyl (C=O) groups is 1. The third-order valence-electron chi connectivity index (χ3n) is 3.95. The van der Waals surface area contributed by atoms with Gasteiger partial charge in [-0.1, -0.05) is 6.07 Å². The van der Waals surface area contributed by atoms with Crippen molar-refractivity contribution in [3.05, 3.63) is 40.7 Å². The van der Waals surface area contributed by atoms with Crippen LogP contribution in [0.2, 0.25) is 0 Å². The van der Waals surface area contributed by atoms with Crippen LogP contribution in [-0.2, 0) is 17.7 Å². The van der Waals surface area contributed by atoms with Gasteiger partial charge in [0.2, 0.25) is 0 Å². The monoisotopic (exact) mass is 330 g/mol. The molecule has 0 aliphatic carbocycles. The molecule has 0 fully saturated rings. The lowest BCUT2D eigenvalue weighted by molar-refractivity contribution is 0.102. The molecule has 7 heteroatoms. The molecule has 2 aromatic rings. The first kappa shape index (κ1) is 16.5. The number of anilines is 1. The van der Waals surface area contributed by atoms with Gasteiger partial charge in [-0.3, -0.25) is 9.89 Å². The van der Waals surface area contributed by atoms with Crippen LogP contribution in [0, 0.1) is 6.92 Å². The number of hydrogen-bond donors (Lipinski definition) is 3. The maximum atomic E-state index is 12.6. The quantitative estimate of drug-likeness (QED) is 0.701. The van der Waals surface area contributed by atoms with E-state index >= 15 is 0 Å². The lowest BCUT2D eigenvalue weighted by Gasteiger charge is -2.15. The van der Waals surface area contributed by atoms with Crippen LogP contribution in [0.3, 0.4) is 0 Å². The molecule has 0 saturated heterocycles. The molecule has 1 amide bonds. The van der Waals surface area contributed by atoms with Crippen LogP contribution in [-0.4, -0.2) is 43.0 Å². The van der Waals surface area contributed by atoms with Crippen LogP contribution in [0.25, 0.3) is 0 Å². The number of H-pyrrole nitrogens is 1. The fraction of sp³-hybridized carbons (Fsp3) is 0.412. The number of rotatable bonds is 6. The standard InChI is InChI=1S/C17H22N4O3/c1-11-3-4-14(15(9-11)24-8-7-23-2)19-17(22)16-12-10-18-6-5-13(12)20-21-16/h3-4,9,18H,5-8,10H2,1-2H3,(H,19,22)(H,20,21). The predicted molar refractivity (Wildman–Crippen MR) is 90.5 cm³/mol. The van der Waals surface area contributed by atoms with E-state index in [1.54, 1.807) is 7.11 Å². The van der Waals surface area contributed by atoms with Gasteiger partial charge < -0.3 is 20.1 Å². The molecule has 0 saturated carbocycles. The summed E-state index contributed by atoms with van der Waals surface area (Å²) in [6.07, 6.45) is 0.853. The second kappa shape index (κ2) is 7.46. The third-order valence-corrected chi connectivity index (χ3v) is 3.95. The van der Waals surface area contributed by atoms with Crippen LogP contribution in [0.4, 0.5) is 5.69 Å². The summed E-state index contributed by atoms with van der Waals surface area (Å²) in [4.78, 5) is 12.6. The van der Waals surface area contributed by atoms with Gasteiger partial charge in [0.15, 0.2) is 5.69 Å². The molecular weight excluding hydrogens is 308 g/mol. The number of benzene rings is 1. The number of methoxy groups -OCH3 is 1. The second-order valence-electron chi connectivity index (χ2n) is 5.75. The summed E-state index contributed by atoms with van der Waals surface area (Å²) in [6, 6.07) is 5.67. The SMILES string of the molecule is COCCOc1cc(C)ccc1NC(=O)c1n[nH]c2c1CNCC2. The van der Waals surface area contributed by atoms with E-state index in [2.05, 4.69) is 20.8 Å². The predicted octanol–water partition coefficient (Wildman–Crippen LogP) is 1.64. The molecule has 2 heterocycles. The Labute approximate surface area is 140 Å². The number of aromatic nitrogens is 2. The molecular formula is C17H22N4O3. The van der Waals surface area contributed by atoms with Crippen molar-refractivity contribution >= 4 is 11.6 Å². The Morgan fingerprint density at radius 3 is 3.08 bits per heavy atom. The zero-order valence-corrected chi connectivity index (χ0v) is 13.9. The molecule has 1 aromatic carbocycles. The van der Waals surface area contributed by atoms with Crippen molar-refractivity contribution in [1.29, 1.82) is 0 Å². The van der Waals surface area contributed by atoms with Gasteiger partial charge in [0.05, 0.1) is 12.3 Å². The average Bonchev–Trinajstić information content (AvgIpc) is 3.01. The molecule has 24 heavy (non-hydrogen) atoms. The lowest BCUT2D eigenvalue weighted by Crippen LogP contribution is -2.25. The molecule has 0 spiro atoms. The summed E-state index contributed by atoms with van der Waals surface area (Å²) in [7, 11) is 1.62. The van der Waals surface area contributed by atoms with Crippen molar-refractivity contribution in [2.75, 3.05) is 32.2 Å². The third kappa shape index (κ3) is 3.58. The molecule has 3 N–H and O–H groups in total. The van der Waals surface area contributed by atoms with Crippen molar-refractivity contribution in [3.8, 4) is 5.75 Å². The number of hydrogen-bond acceptors (Lipinski definition) is 5. The van der Waals surface area contributed by atoms with Crippen molar-refractivity contribution in [3.63, 3.8) is 0 Å². The molecule has 0 unspecified atom stereocenters. The summed E-state index contributed by atoms with van der Waals surface area (Å²) >= 11 is 0. The fourth-order valence-electron chi connectivity index (χ4n) is 2.68. The zero-order chi connectivity index (χ0) is 16.9. The number of nitrogens with one attached hydrogen (secondary N) is 3. The van der Waals surface area contributed by atoms with E-state index in [9.17, 15) is 4.79 Å². The Hall–Kier alpha value is -2.38. The Kier molecular flexibility index (Phi) is 5.12. The number of amides is 1. The Morgan fingerprint density at radius 2 is 2.25 bits per heavy atom. The topological polar surface area (TPSA) is 88.3 Å². The van der Waals surface area contributed by atoms with Crippen molar-refractivity contribution in [2.45, 2.75) is 19.9 Å². The van der Waals surface area contributed by atoms with Crippen LogP contribution in [0.1, 0.15) is 27.3 Å². The first-order valence-corrected chi connectivity index (χ1v) is 7.99. The number of aryl methyl sites for hydroxylation is 1. The van der Waals surface area contributed by atoms with E-state index in [-0.39, 0.29) is 5.91 Å². The smallest absolute Gasteiger partial charge is 0.276 e. The minimum absolute atomic E-state index is 0.239. The van der Waals surface area contributed by atoms with Gasteiger partial charge in [-0.25, -0.2) is 0 Å². The summed E-state index contributed by atoms with van der Waals surface area (Å²) in [5.41, 5.74) is 4.08. The van der Waals surface area contributed by atoms with E-state index in [0.29, 0.717) is 36.9 Å². The molecule has 128 valence electrons. The number of aromatic amines is 1. The van der Waals surface area contributed by atoms with Crippen LogP contribution >= 0.6 is 0 Å². The maximum absolute atomic E-state index is 12.6. The average molecular weight is 330 g/mol. The van der Waals surface area contributed by atoms with Gasteiger partial charge >= 0.3 is 0 Å². The van der Waals surface area contributed by atoms with E-state index in [1.807, 2.05) is 25.1 Å². The van der Waals surface area contributed by atoms with Gasteiger partial charge in [-0.15, -0.1) is 0 Å². The van der Waals surface area contributed by atoms with Crippen molar-refractivity contribution < 1.29 is 14.3 Å². The maximum Gasteiger partial charge on any atom is 0.276 e. The largest absolute Gasteiger partial charge is 0.489 e. The summed E-state index contributed by atoms with van der Waals surface area (Å²) in [6.45, 7) is 4.43. The molecule has 7 nitrogen and oxygen atoms in total. The van der Waals surface area contributed by atoms with Gasteiger partial charge in [0.25, 0.3) is 5.91 Å². The van der Waals surface area contributed by atoms with E-state index in [4.69, 9.17) is 9.47 Å². The number of ether oxygens (including phenoxy) is 2. The molecule has 3 rings (SSSR count). The molecule has 0 bridgehead atoms. The van der Waals surface area contributed by atoms with Crippen molar-refractivity contribution in [2.24, 2.45) is 0 Å². The van der Waals surface area contributed by atoms with Crippen LogP contribution in [0.15, 0.2) is 18.2 Å². The van der Waals surface area contributed by atoms with Crippen LogP contribution < -0.4 is 15.4 Å². The fourth-order valence-corrected chi connectivity index (χ4v) is 2.68. The first-order valence-electron chi connectivity index (χ1n) is 7.99. The van der Waals surface area contributed by atoms with Crippen LogP contribution in [0.5, 0.6) is 5.75 Å². The number of nitrogens with zero attached hydrogens (tertiary/aromatic N) is 1. The highest BCUT2D eigenvalue weighted by Crippen LogP contribution is 2.27. The van der Waals surface area contributed by atoms with Gasteiger partial charge in [-0.2, -0.15) is 5.10 Å². The molecule has 1 aromatic heterocycles. The van der Waals surface area contributed by atoms with Gasteiger partial charge in [0.1, 0.15) is 12.4 Å².